The number of carbonyl (C=O) groups is 2. The number of ketones is 1. The molecule has 1 aromatic carbocycles. The van der Waals surface area contributed by atoms with Crippen LogP contribution in [0.1, 0.15) is 29.0 Å². The third-order valence-corrected chi connectivity index (χ3v) is 3.69. The summed E-state index contributed by atoms with van der Waals surface area (Å²) in [6.07, 6.45) is -1.75. The molecule has 0 aliphatic carbocycles. The molecule has 1 aromatic rings. The van der Waals surface area contributed by atoms with Crippen molar-refractivity contribution in [2.75, 3.05) is 0 Å². The predicted molar refractivity (Wildman–Crippen MR) is 66.4 cm³/mol. The molecule has 4 nitrogen and oxygen atoms in total. The molecule has 17 heavy (non-hydrogen) atoms. The summed E-state index contributed by atoms with van der Waals surface area (Å²) in [7, 11) is 0. The van der Waals surface area contributed by atoms with Gasteiger partial charge < -0.3 is 10.2 Å². The minimum absolute atomic E-state index is 0.0405. The number of hydrogen-bond acceptors (Lipinski definition) is 3. The maximum atomic E-state index is 11.3. The largest absolute Gasteiger partial charge is 0.479 e. The summed E-state index contributed by atoms with van der Waals surface area (Å²) in [4.78, 5) is 21.4. The van der Waals surface area contributed by atoms with Gasteiger partial charge in [0.05, 0.1) is 4.83 Å². The molecule has 0 aliphatic heterocycles. The predicted octanol–water partition coefficient (Wildman–Crippen LogP) is 2.48. The average Bonchev–Trinajstić information content (AvgIpc) is 2.26. The molecule has 2 atom stereocenters. The number of carboxylic acid groups (broad SMARTS) is 1. The molecule has 6 heteroatoms. The first kappa shape index (κ1) is 14.2. The quantitative estimate of drug-likeness (QED) is 0.836. The Bertz CT molecular complexity index is 461. The van der Waals surface area contributed by atoms with Crippen LogP contribution in [0, 0.1) is 0 Å². The lowest BCUT2D eigenvalue weighted by Crippen LogP contribution is -2.15. The van der Waals surface area contributed by atoms with Crippen LogP contribution < -0.4 is 0 Å². The van der Waals surface area contributed by atoms with Crippen LogP contribution >= 0.6 is 27.5 Å². The first-order valence-corrected chi connectivity index (χ1v) is 5.99. The van der Waals surface area contributed by atoms with E-state index in [4.69, 9.17) is 16.7 Å². The van der Waals surface area contributed by atoms with Crippen LogP contribution in [0.3, 0.4) is 0 Å². The highest BCUT2D eigenvalue weighted by molar-refractivity contribution is 9.09. The number of rotatable bonds is 4. The number of carbonyl (C=O) groups excluding carboxylic acids is 1. The number of aliphatic hydroxyl groups excluding tert-OH is 1. The summed E-state index contributed by atoms with van der Waals surface area (Å²) >= 11 is 9.00. The summed E-state index contributed by atoms with van der Waals surface area (Å²) < 4.78 is 0. The average molecular weight is 322 g/mol. The van der Waals surface area contributed by atoms with Crippen LogP contribution in [-0.2, 0) is 9.59 Å². The number of hydrogen-bond donors (Lipinski definition) is 2. The Morgan fingerprint density at radius 1 is 1.41 bits per heavy atom. The van der Waals surface area contributed by atoms with Crippen molar-refractivity contribution in [2.24, 2.45) is 0 Å². The lowest BCUT2D eigenvalue weighted by molar-refractivity contribution is -0.147. The monoisotopic (exact) mass is 320 g/mol. The smallest absolute Gasteiger partial charge is 0.337 e. The van der Waals surface area contributed by atoms with E-state index in [0.717, 1.165) is 0 Å². The van der Waals surface area contributed by atoms with E-state index in [2.05, 4.69) is 15.9 Å². The molecule has 1 rings (SSSR count). The fraction of sp³-hybridized carbons (Fsp3) is 0.273. The van der Waals surface area contributed by atoms with Gasteiger partial charge in [-0.15, -0.1) is 0 Å². The fourth-order valence-corrected chi connectivity index (χ4v) is 2.09. The molecule has 0 fully saturated rings. The first-order chi connectivity index (χ1) is 7.86. The molecule has 0 heterocycles. The molecule has 0 saturated heterocycles. The zero-order valence-electron chi connectivity index (χ0n) is 8.85. The highest BCUT2D eigenvalue weighted by Crippen LogP contribution is 2.34. The van der Waals surface area contributed by atoms with Crippen LogP contribution in [0.15, 0.2) is 18.2 Å². The van der Waals surface area contributed by atoms with Gasteiger partial charge in [-0.25, -0.2) is 4.79 Å². The molecular formula is C11H10BrClO4. The molecule has 0 aliphatic rings. The molecule has 92 valence electrons. The molecule has 0 amide bonds. The Morgan fingerprint density at radius 3 is 2.47 bits per heavy atom. The lowest BCUT2D eigenvalue weighted by Gasteiger charge is -2.16. The van der Waals surface area contributed by atoms with Crippen LogP contribution in [0.2, 0.25) is 5.02 Å². The van der Waals surface area contributed by atoms with Crippen molar-refractivity contribution in [1.82, 2.24) is 0 Å². The van der Waals surface area contributed by atoms with E-state index in [9.17, 15) is 14.7 Å². The van der Waals surface area contributed by atoms with Gasteiger partial charge in [-0.3, -0.25) is 4.79 Å². The van der Waals surface area contributed by atoms with E-state index in [1.54, 1.807) is 12.1 Å². The maximum Gasteiger partial charge on any atom is 0.337 e. The zero-order valence-corrected chi connectivity index (χ0v) is 11.2. The van der Waals surface area contributed by atoms with E-state index < -0.39 is 16.9 Å². The number of Topliss-reactive ketones (excluding diaryl/α,β-unsaturated/α-hetero) is 1. The molecular weight excluding hydrogens is 311 g/mol. The van der Waals surface area contributed by atoms with Crippen molar-refractivity contribution in [3.05, 3.63) is 34.3 Å². The number of benzene rings is 1. The van der Waals surface area contributed by atoms with Gasteiger partial charge >= 0.3 is 5.97 Å². The van der Waals surface area contributed by atoms with Crippen LogP contribution in [-0.4, -0.2) is 22.0 Å². The number of aliphatic carboxylic acids is 1. The molecule has 0 saturated carbocycles. The summed E-state index contributed by atoms with van der Waals surface area (Å²) in [6, 6.07) is 4.60. The lowest BCUT2D eigenvalue weighted by atomic mass is 9.98. The van der Waals surface area contributed by atoms with Gasteiger partial charge in [-0.2, -0.15) is 0 Å². The minimum Gasteiger partial charge on any atom is -0.479 e. The molecule has 0 aromatic heterocycles. The van der Waals surface area contributed by atoms with Crippen LogP contribution in [0.5, 0.6) is 0 Å². The molecule has 2 N–H and O–H groups in total. The Labute approximate surface area is 111 Å². The normalized spacial score (nSPS) is 14.1. The summed E-state index contributed by atoms with van der Waals surface area (Å²) in [5, 5.41) is 18.5. The second kappa shape index (κ2) is 5.62. The van der Waals surface area contributed by atoms with Gasteiger partial charge in [0.2, 0.25) is 0 Å². The number of carboxylic acids is 1. The third-order valence-electron chi connectivity index (χ3n) is 2.22. The second-order valence-electron chi connectivity index (χ2n) is 3.46. The van der Waals surface area contributed by atoms with E-state index >= 15 is 0 Å². The Hall–Kier alpha value is -0.910. The van der Waals surface area contributed by atoms with Crippen molar-refractivity contribution in [2.45, 2.75) is 17.9 Å². The van der Waals surface area contributed by atoms with Gasteiger partial charge in [-0.05, 0) is 18.6 Å². The highest BCUT2D eigenvalue weighted by Gasteiger charge is 2.26. The number of aliphatic hydroxyl groups is 1. The topological polar surface area (TPSA) is 74.6 Å². The van der Waals surface area contributed by atoms with Crippen molar-refractivity contribution >= 4 is 39.3 Å². The molecule has 0 spiro atoms. The Morgan fingerprint density at radius 2 is 2.00 bits per heavy atom. The standard InChI is InChI=1S/C11H10BrClO4/c1-5(14)9(12)6-3-2-4-7(13)8(6)10(15)11(16)17/h2-4,9-10,15H,1H3,(H,16,17). The van der Waals surface area contributed by atoms with Crippen LogP contribution in [0.25, 0.3) is 0 Å². The third kappa shape index (κ3) is 3.06. The molecule has 2 unspecified atom stereocenters. The number of alkyl halides is 1. The van der Waals surface area contributed by atoms with E-state index in [1.165, 1.54) is 13.0 Å². The fourth-order valence-electron chi connectivity index (χ4n) is 1.41. The van der Waals surface area contributed by atoms with Crippen molar-refractivity contribution in [1.29, 1.82) is 0 Å². The molecule has 0 radical (unpaired) electrons. The Balaban J connectivity index is 3.36. The van der Waals surface area contributed by atoms with Gasteiger partial charge in [0.15, 0.2) is 6.10 Å². The first-order valence-electron chi connectivity index (χ1n) is 4.70. The summed E-state index contributed by atoms with van der Waals surface area (Å²) in [5.41, 5.74) is 0.402. The van der Waals surface area contributed by atoms with Gasteiger partial charge in [-0.1, -0.05) is 39.7 Å². The van der Waals surface area contributed by atoms with Crippen molar-refractivity contribution in [3.8, 4) is 0 Å². The van der Waals surface area contributed by atoms with E-state index in [-0.39, 0.29) is 16.4 Å². The van der Waals surface area contributed by atoms with Gasteiger partial charge in [0, 0.05) is 10.6 Å². The van der Waals surface area contributed by atoms with Gasteiger partial charge in [0.1, 0.15) is 5.78 Å². The minimum atomic E-state index is -1.75. The summed E-state index contributed by atoms with van der Waals surface area (Å²) in [5.74, 6) is -1.62. The SMILES string of the molecule is CC(=O)C(Br)c1cccc(Cl)c1C(O)C(=O)O. The Kier molecular flexibility index (Phi) is 4.68. The second-order valence-corrected chi connectivity index (χ2v) is 4.78. The summed E-state index contributed by atoms with van der Waals surface area (Å²) in [6.45, 7) is 1.36. The van der Waals surface area contributed by atoms with Crippen LogP contribution in [0.4, 0.5) is 0 Å². The molecule has 0 bridgehead atoms. The zero-order chi connectivity index (χ0) is 13.2. The van der Waals surface area contributed by atoms with Crippen molar-refractivity contribution in [3.63, 3.8) is 0 Å². The van der Waals surface area contributed by atoms with Crippen molar-refractivity contribution < 1.29 is 19.8 Å². The van der Waals surface area contributed by atoms with Gasteiger partial charge in [0.25, 0.3) is 0 Å². The maximum absolute atomic E-state index is 11.3. The van der Waals surface area contributed by atoms with E-state index in [1.807, 2.05) is 0 Å². The van der Waals surface area contributed by atoms with E-state index in [0.29, 0.717) is 5.56 Å². The number of halogens is 2. The highest BCUT2D eigenvalue weighted by atomic mass is 79.9.